The second kappa shape index (κ2) is 6.58. The summed E-state index contributed by atoms with van der Waals surface area (Å²) >= 11 is 1.69. The number of aromatic nitrogens is 3. The first-order valence-electron chi connectivity index (χ1n) is 7.61. The zero-order chi connectivity index (χ0) is 15.5. The zero-order valence-electron chi connectivity index (χ0n) is 13.0. The summed E-state index contributed by atoms with van der Waals surface area (Å²) in [6.07, 6.45) is 3.49. The Bertz CT molecular complexity index is 642. The van der Waals surface area contributed by atoms with Crippen LogP contribution in [0.2, 0.25) is 0 Å². The van der Waals surface area contributed by atoms with Crippen LogP contribution in [0.25, 0.3) is 0 Å². The number of thiazole rings is 1. The van der Waals surface area contributed by atoms with Crippen molar-refractivity contribution >= 4 is 17.2 Å². The molecule has 0 bridgehead atoms. The van der Waals surface area contributed by atoms with Gasteiger partial charge in [-0.1, -0.05) is 0 Å². The molecule has 0 saturated carbocycles. The molecule has 1 aliphatic heterocycles. The lowest BCUT2D eigenvalue weighted by Gasteiger charge is -2.34. The van der Waals surface area contributed by atoms with E-state index in [2.05, 4.69) is 20.4 Å². The highest BCUT2D eigenvalue weighted by molar-refractivity contribution is 7.09. The van der Waals surface area contributed by atoms with Crippen molar-refractivity contribution in [1.82, 2.24) is 24.6 Å². The largest absolute Gasteiger partial charge is 0.336 e. The summed E-state index contributed by atoms with van der Waals surface area (Å²) in [5.41, 5.74) is 1.82. The van der Waals surface area contributed by atoms with Gasteiger partial charge in [-0.15, -0.1) is 11.3 Å². The van der Waals surface area contributed by atoms with Crippen molar-refractivity contribution in [3.05, 3.63) is 34.0 Å². The quantitative estimate of drug-likeness (QED) is 0.859. The Balaban J connectivity index is 1.53. The van der Waals surface area contributed by atoms with Crippen molar-refractivity contribution in [3.63, 3.8) is 0 Å². The standard InChI is InChI=1S/C15H21N5OS/c1-3-20-9-13(8-16-20)15(21)19-6-4-18(5-7-19)10-14-11-22-12(2)17-14/h8-9,11H,3-7,10H2,1-2H3. The van der Waals surface area contributed by atoms with Crippen LogP contribution in [0.1, 0.15) is 28.0 Å². The van der Waals surface area contributed by atoms with Gasteiger partial charge in [0.25, 0.3) is 5.91 Å². The van der Waals surface area contributed by atoms with Crippen LogP contribution in [0.5, 0.6) is 0 Å². The maximum atomic E-state index is 12.4. The average molecular weight is 319 g/mol. The summed E-state index contributed by atoms with van der Waals surface area (Å²) in [7, 11) is 0. The molecule has 2 aromatic heterocycles. The third kappa shape index (κ3) is 3.36. The van der Waals surface area contributed by atoms with Crippen LogP contribution in [0.15, 0.2) is 17.8 Å². The number of aryl methyl sites for hydroxylation is 2. The Morgan fingerprint density at radius 3 is 2.68 bits per heavy atom. The second-order valence-corrected chi connectivity index (χ2v) is 6.57. The van der Waals surface area contributed by atoms with Crippen LogP contribution in [0, 0.1) is 6.92 Å². The van der Waals surface area contributed by atoms with E-state index in [0.717, 1.165) is 50.0 Å². The number of carbonyl (C=O) groups excluding carboxylic acids is 1. The van der Waals surface area contributed by atoms with Gasteiger partial charge in [0.15, 0.2) is 0 Å². The minimum Gasteiger partial charge on any atom is -0.336 e. The molecule has 0 aromatic carbocycles. The molecule has 1 amide bonds. The first kappa shape index (κ1) is 15.2. The van der Waals surface area contributed by atoms with E-state index in [1.54, 1.807) is 22.2 Å². The molecule has 0 spiro atoms. The molecule has 2 aromatic rings. The maximum absolute atomic E-state index is 12.4. The molecule has 1 fully saturated rings. The highest BCUT2D eigenvalue weighted by Gasteiger charge is 2.23. The number of amides is 1. The summed E-state index contributed by atoms with van der Waals surface area (Å²) < 4.78 is 1.79. The third-order valence-corrected chi connectivity index (χ3v) is 4.74. The molecule has 22 heavy (non-hydrogen) atoms. The van der Waals surface area contributed by atoms with Crippen molar-refractivity contribution in [2.24, 2.45) is 0 Å². The lowest BCUT2D eigenvalue weighted by atomic mass is 10.2. The Hall–Kier alpha value is -1.73. The van der Waals surface area contributed by atoms with E-state index in [1.807, 2.05) is 24.9 Å². The fraction of sp³-hybridized carbons (Fsp3) is 0.533. The van der Waals surface area contributed by atoms with Crippen LogP contribution in [0.4, 0.5) is 0 Å². The predicted octanol–water partition coefficient (Wildman–Crippen LogP) is 1.63. The molecule has 0 unspecified atom stereocenters. The monoisotopic (exact) mass is 319 g/mol. The van der Waals surface area contributed by atoms with Gasteiger partial charge in [0.1, 0.15) is 0 Å². The van der Waals surface area contributed by atoms with Gasteiger partial charge < -0.3 is 4.90 Å². The fourth-order valence-corrected chi connectivity index (χ4v) is 3.25. The molecule has 0 atom stereocenters. The van der Waals surface area contributed by atoms with E-state index in [0.29, 0.717) is 5.56 Å². The van der Waals surface area contributed by atoms with E-state index in [1.165, 1.54) is 0 Å². The van der Waals surface area contributed by atoms with Crippen molar-refractivity contribution in [2.45, 2.75) is 26.9 Å². The van der Waals surface area contributed by atoms with E-state index in [4.69, 9.17) is 0 Å². The van der Waals surface area contributed by atoms with Crippen molar-refractivity contribution in [2.75, 3.05) is 26.2 Å². The smallest absolute Gasteiger partial charge is 0.257 e. The minimum absolute atomic E-state index is 0.0869. The van der Waals surface area contributed by atoms with Crippen LogP contribution >= 0.6 is 11.3 Å². The van der Waals surface area contributed by atoms with Crippen molar-refractivity contribution in [3.8, 4) is 0 Å². The molecule has 0 radical (unpaired) electrons. The van der Waals surface area contributed by atoms with E-state index in [9.17, 15) is 4.79 Å². The third-order valence-electron chi connectivity index (χ3n) is 3.92. The Kier molecular flexibility index (Phi) is 4.54. The Morgan fingerprint density at radius 2 is 2.09 bits per heavy atom. The number of carbonyl (C=O) groups is 1. The summed E-state index contributed by atoms with van der Waals surface area (Å²) in [5, 5.41) is 7.40. The summed E-state index contributed by atoms with van der Waals surface area (Å²) in [4.78, 5) is 21.2. The van der Waals surface area contributed by atoms with Gasteiger partial charge in [0.05, 0.1) is 22.5 Å². The highest BCUT2D eigenvalue weighted by atomic mass is 32.1. The molecule has 0 aliphatic carbocycles. The Labute approximate surface area is 134 Å². The fourth-order valence-electron chi connectivity index (χ4n) is 2.65. The Morgan fingerprint density at radius 1 is 1.32 bits per heavy atom. The van der Waals surface area contributed by atoms with Gasteiger partial charge in [0, 0.05) is 50.8 Å². The van der Waals surface area contributed by atoms with E-state index >= 15 is 0 Å². The summed E-state index contributed by atoms with van der Waals surface area (Å²) in [6, 6.07) is 0. The molecule has 7 heteroatoms. The summed E-state index contributed by atoms with van der Waals surface area (Å²) in [5.74, 6) is 0.0869. The number of piperazine rings is 1. The second-order valence-electron chi connectivity index (χ2n) is 5.51. The predicted molar refractivity (Wildman–Crippen MR) is 85.9 cm³/mol. The molecule has 1 saturated heterocycles. The number of nitrogens with zero attached hydrogens (tertiary/aromatic N) is 5. The number of hydrogen-bond donors (Lipinski definition) is 0. The maximum Gasteiger partial charge on any atom is 0.257 e. The topological polar surface area (TPSA) is 54.3 Å². The lowest BCUT2D eigenvalue weighted by Crippen LogP contribution is -2.48. The lowest BCUT2D eigenvalue weighted by molar-refractivity contribution is 0.0627. The van der Waals surface area contributed by atoms with Crippen molar-refractivity contribution in [1.29, 1.82) is 0 Å². The molecule has 0 N–H and O–H groups in total. The average Bonchev–Trinajstić information content (AvgIpc) is 3.16. The number of rotatable bonds is 4. The molecule has 6 nitrogen and oxygen atoms in total. The van der Waals surface area contributed by atoms with Gasteiger partial charge in [-0.3, -0.25) is 14.4 Å². The minimum atomic E-state index is 0.0869. The molecule has 3 rings (SSSR count). The molecule has 1 aliphatic rings. The molecular weight excluding hydrogens is 298 g/mol. The SMILES string of the molecule is CCn1cc(C(=O)N2CCN(Cc3csc(C)n3)CC2)cn1. The van der Waals surface area contributed by atoms with Crippen LogP contribution in [-0.4, -0.2) is 56.7 Å². The van der Waals surface area contributed by atoms with Gasteiger partial charge in [0.2, 0.25) is 0 Å². The summed E-state index contributed by atoms with van der Waals surface area (Å²) in [6.45, 7) is 9.02. The van der Waals surface area contributed by atoms with Gasteiger partial charge in [-0.25, -0.2) is 4.98 Å². The highest BCUT2D eigenvalue weighted by Crippen LogP contribution is 2.13. The van der Waals surface area contributed by atoms with Crippen LogP contribution in [-0.2, 0) is 13.1 Å². The molecule has 3 heterocycles. The van der Waals surface area contributed by atoms with Gasteiger partial charge >= 0.3 is 0 Å². The van der Waals surface area contributed by atoms with Gasteiger partial charge in [-0.05, 0) is 13.8 Å². The van der Waals surface area contributed by atoms with Crippen LogP contribution < -0.4 is 0 Å². The van der Waals surface area contributed by atoms with Crippen molar-refractivity contribution < 1.29 is 4.79 Å². The van der Waals surface area contributed by atoms with E-state index in [-0.39, 0.29) is 5.91 Å². The molecule has 118 valence electrons. The number of hydrogen-bond acceptors (Lipinski definition) is 5. The normalized spacial score (nSPS) is 16.2. The van der Waals surface area contributed by atoms with Crippen LogP contribution in [0.3, 0.4) is 0 Å². The first-order valence-corrected chi connectivity index (χ1v) is 8.48. The van der Waals surface area contributed by atoms with Gasteiger partial charge in [-0.2, -0.15) is 5.10 Å². The zero-order valence-corrected chi connectivity index (χ0v) is 13.8. The van der Waals surface area contributed by atoms with E-state index < -0.39 is 0 Å². The first-order chi connectivity index (χ1) is 10.7. The molecular formula is C15H21N5OS.